The van der Waals surface area contributed by atoms with Crippen LogP contribution in [0.3, 0.4) is 0 Å². The molecule has 0 radical (unpaired) electrons. The Morgan fingerprint density at radius 3 is 2.83 bits per heavy atom. The molecule has 0 aromatic carbocycles. The summed E-state index contributed by atoms with van der Waals surface area (Å²) in [5.74, 6) is -0.101. The lowest BCUT2D eigenvalue weighted by molar-refractivity contribution is 0.135. The second-order valence-corrected chi connectivity index (χ2v) is 5.01. The van der Waals surface area contributed by atoms with Crippen molar-refractivity contribution in [2.24, 2.45) is 5.41 Å². The standard InChI is InChI=1S/C13H20FN3O/c1-3-5-13(6-4-7-13)9-16-12-15-8-10(14)11(17-12)18-2/h8H,3-7,9H2,1-2H3,(H,15,16,17). The van der Waals surface area contributed by atoms with Crippen LogP contribution in [-0.4, -0.2) is 23.6 Å². The van der Waals surface area contributed by atoms with Crippen LogP contribution in [0.1, 0.15) is 39.0 Å². The molecular formula is C13H20FN3O. The molecule has 0 unspecified atom stereocenters. The Labute approximate surface area is 107 Å². The molecule has 1 N–H and O–H groups in total. The second kappa shape index (κ2) is 5.50. The number of nitrogens with zero attached hydrogens (tertiary/aromatic N) is 2. The van der Waals surface area contributed by atoms with E-state index in [0.29, 0.717) is 11.4 Å². The SMILES string of the molecule is CCCC1(CNc2ncc(F)c(OC)n2)CCC1. The second-order valence-electron chi connectivity index (χ2n) is 5.01. The number of nitrogens with one attached hydrogen (secondary N) is 1. The molecule has 100 valence electrons. The molecule has 0 aliphatic heterocycles. The fraction of sp³-hybridized carbons (Fsp3) is 0.692. The highest BCUT2D eigenvalue weighted by atomic mass is 19.1. The fourth-order valence-corrected chi connectivity index (χ4v) is 2.57. The van der Waals surface area contributed by atoms with Gasteiger partial charge in [0, 0.05) is 6.54 Å². The van der Waals surface area contributed by atoms with Crippen molar-refractivity contribution in [1.82, 2.24) is 9.97 Å². The van der Waals surface area contributed by atoms with Gasteiger partial charge in [0.15, 0.2) is 0 Å². The molecule has 0 atom stereocenters. The van der Waals surface area contributed by atoms with Crippen LogP contribution in [0.4, 0.5) is 10.3 Å². The molecule has 0 saturated heterocycles. The summed E-state index contributed by atoms with van der Waals surface area (Å²) in [5, 5.41) is 3.21. The molecule has 18 heavy (non-hydrogen) atoms. The van der Waals surface area contributed by atoms with E-state index in [-0.39, 0.29) is 5.88 Å². The summed E-state index contributed by atoms with van der Waals surface area (Å²) in [6, 6.07) is 0. The van der Waals surface area contributed by atoms with Gasteiger partial charge in [-0.25, -0.2) is 4.98 Å². The van der Waals surface area contributed by atoms with Crippen LogP contribution in [0.25, 0.3) is 0 Å². The quantitative estimate of drug-likeness (QED) is 0.846. The molecule has 0 amide bonds. The summed E-state index contributed by atoms with van der Waals surface area (Å²) in [4.78, 5) is 7.92. The van der Waals surface area contributed by atoms with Crippen LogP contribution in [0.5, 0.6) is 5.88 Å². The summed E-state index contributed by atoms with van der Waals surface area (Å²) in [6.07, 6.45) is 7.36. The summed E-state index contributed by atoms with van der Waals surface area (Å²) in [7, 11) is 1.40. The number of hydrogen-bond donors (Lipinski definition) is 1. The minimum Gasteiger partial charge on any atom is -0.479 e. The third kappa shape index (κ3) is 2.71. The van der Waals surface area contributed by atoms with Gasteiger partial charge in [-0.15, -0.1) is 0 Å². The molecule has 1 aromatic rings. The van der Waals surface area contributed by atoms with E-state index in [1.165, 1.54) is 39.2 Å². The van der Waals surface area contributed by atoms with Gasteiger partial charge in [0.25, 0.3) is 5.88 Å². The zero-order valence-corrected chi connectivity index (χ0v) is 11.0. The fourth-order valence-electron chi connectivity index (χ4n) is 2.57. The van der Waals surface area contributed by atoms with Gasteiger partial charge in [0.05, 0.1) is 13.3 Å². The van der Waals surface area contributed by atoms with Crippen LogP contribution in [-0.2, 0) is 0 Å². The minimum atomic E-state index is -0.532. The Hall–Kier alpha value is -1.39. The average Bonchev–Trinajstić information content (AvgIpc) is 2.34. The predicted octanol–water partition coefficient (Wildman–Crippen LogP) is 3.01. The lowest BCUT2D eigenvalue weighted by atomic mass is 9.66. The van der Waals surface area contributed by atoms with Crippen molar-refractivity contribution >= 4 is 5.95 Å². The van der Waals surface area contributed by atoms with Crippen molar-refractivity contribution in [3.05, 3.63) is 12.0 Å². The molecule has 0 bridgehead atoms. The van der Waals surface area contributed by atoms with Gasteiger partial charge >= 0.3 is 0 Å². The van der Waals surface area contributed by atoms with Crippen molar-refractivity contribution in [3.8, 4) is 5.88 Å². The largest absolute Gasteiger partial charge is 0.479 e. The summed E-state index contributed by atoms with van der Waals surface area (Å²) < 4.78 is 18.0. The van der Waals surface area contributed by atoms with E-state index in [1.807, 2.05) is 0 Å². The summed E-state index contributed by atoms with van der Waals surface area (Å²) in [5.41, 5.74) is 0.389. The van der Waals surface area contributed by atoms with Crippen molar-refractivity contribution in [3.63, 3.8) is 0 Å². The van der Waals surface area contributed by atoms with Gasteiger partial charge in [-0.3, -0.25) is 0 Å². The van der Waals surface area contributed by atoms with Gasteiger partial charge in [0.1, 0.15) is 0 Å². The van der Waals surface area contributed by atoms with Gasteiger partial charge in [-0.05, 0) is 24.7 Å². The summed E-state index contributed by atoms with van der Waals surface area (Å²) in [6.45, 7) is 3.06. The summed E-state index contributed by atoms with van der Waals surface area (Å²) >= 11 is 0. The normalized spacial score (nSPS) is 17.1. The Morgan fingerprint density at radius 1 is 1.50 bits per heavy atom. The molecule has 1 aliphatic rings. The van der Waals surface area contributed by atoms with Crippen LogP contribution >= 0.6 is 0 Å². The number of ether oxygens (including phenoxy) is 1. The van der Waals surface area contributed by atoms with E-state index in [0.717, 1.165) is 12.7 Å². The zero-order valence-electron chi connectivity index (χ0n) is 11.0. The molecule has 1 heterocycles. The molecule has 4 nitrogen and oxygen atoms in total. The van der Waals surface area contributed by atoms with Crippen LogP contribution in [0, 0.1) is 11.2 Å². The third-order valence-corrected chi connectivity index (χ3v) is 3.72. The molecule has 2 rings (SSSR count). The number of anilines is 1. The topological polar surface area (TPSA) is 47.0 Å². The predicted molar refractivity (Wildman–Crippen MR) is 68.2 cm³/mol. The number of aromatic nitrogens is 2. The zero-order chi connectivity index (χ0) is 13.0. The van der Waals surface area contributed by atoms with E-state index >= 15 is 0 Å². The van der Waals surface area contributed by atoms with Gasteiger partial charge < -0.3 is 10.1 Å². The molecule has 5 heteroatoms. The van der Waals surface area contributed by atoms with E-state index < -0.39 is 5.82 Å². The highest BCUT2D eigenvalue weighted by Crippen LogP contribution is 2.44. The van der Waals surface area contributed by atoms with E-state index in [4.69, 9.17) is 4.74 Å². The smallest absolute Gasteiger partial charge is 0.255 e. The first kappa shape index (κ1) is 13.1. The molecule has 1 aliphatic carbocycles. The number of hydrogen-bond acceptors (Lipinski definition) is 4. The van der Waals surface area contributed by atoms with Crippen LogP contribution in [0.2, 0.25) is 0 Å². The third-order valence-electron chi connectivity index (χ3n) is 3.72. The Kier molecular flexibility index (Phi) is 3.99. The first-order chi connectivity index (χ1) is 8.69. The Morgan fingerprint density at radius 2 is 2.28 bits per heavy atom. The van der Waals surface area contributed by atoms with Crippen LogP contribution in [0.15, 0.2) is 6.20 Å². The van der Waals surface area contributed by atoms with Crippen molar-refractivity contribution in [2.45, 2.75) is 39.0 Å². The van der Waals surface area contributed by atoms with E-state index in [1.54, 1.807) is 0 Å². The van der Waals surface area contributed by atoms with Crippen molar-refractivity contribution in [1.29, 1.82) is 0 Å². The highest BCUT2D eigenvalue weighted by molar-refractivity contribution is 5.29. The lowest BCUT2D eigenvalue weighted by Gasteiger charge is -2.42. The number of methoxy groups -OCH3 is 1. The molecule has 0 spiro atoms. The highest BCUT2D eigenvalue weighted by Gasteiger charge is 2.35. The maximum atomic E-state index is 13.2. The first-order valence-corrected chi connectivity index (χ1v) is 6.49. The molecular weight excluding hydrogens is 233 g/mol. The van der Waals surface area contributed by atoms with Gasteiger partial charge in [-0.1, -0.05) is 19.8 Å². The molecule has 1 aromatic heterocycles. The first-order valence-electron chi connectivity index (χ1n) is 6.49. The minimum absolute atomic E-state index is 0.00866. The van der Waals surface area contributed by atoms with Crippen molar-refractivity contribution in [2.75, 3.05) is 19.0 Å². The van der Waals surface area contributed by atoms with E-state index in [2.05, 4.69) is 22.2 Å². The van der Waals surface area contributed by atoms with Gasteiger partial charge in [-0.2, -0.15) is 9.37 Å². The molecule has 1 saturated carbocycles. The van der Waals surface area contributed by atoms with E-state index in [9.17, 15) is 4.39 Å². The van der Waals surface area contributed by atoms with Crippen molar-refractivity contribution < 1.29 is 9.13 Å². The molecule has 1 fully saturated rings. The lowest BCUT2D eigenvalue weighted by Crippen LogP contribution is -2.36. The van der Waals surface area contributed by atoms with Gasteiger partial charge in [0.2, 0.25) is 11.8 Å². The monoisotopic (exact) mass is 253 g/mol. The number of halogens is 1. The Bertz CT molecular complexity index is 407. The van der Waals surface area contributed by atoms with Crippen LogP contribution < -0.4 is 10.1 Å². The maximum Gasteiger partial charge on any atom is 0.255 e. The maximum absolute atomic E-state index is 13.2. The average molecular weight is 253 g/mol. The Balaban J connectivity index is 1.97. The number of rotatable bonds is 6.